The molecular formula is C10H19NO3S. The van der Waals surface area contributed by atoms with Gasteiger partial charge in [-0.2, -0.15) is 0 Å². The maximum atomic E-state index is 11.2. The van der Waals surface area contributed by atoms with Gasteiger partial charge in [-0.15, -0.1) is 0 Å². The van der Waals surface area contributed by atoms with Gasteiger partial charge in [0.1, 0.15) is 0 Å². The summed E-state index contributed by atoms with van der Waals surface area (Å²) in [5.74, 6) is 1.61. The van der Waals surface area contributed by atoms with Gasteiger partial charge < -0.3 is 10.0 Å². The van der Waals surface area contributed by atoms with Crippen LogP contribution in [0.2, 0.25) is 0 Å². The summed E-state index contributed by atoms with van der Waals surface area (Å²) >= 11 is 0. The molecule has 1 atom stereocenters. The van der Waals surface area contributed by atoms with Crippen LogP contribution in [0, 0.1) is 11.8 Å². The van der Waals surface area contributed by atoms with Crippen LogP contribution in [-0.2, 0) is 9.84 Å². The topological polar surface area (TPSA) is 57.6 Å². The molecular weight excluding hydrogens is 214 g/mol. The van der Waals surface area contributed by atoms with Crippen LogP contribution in [0.1, 0.15) is 12.8 Å². The summed E-state index contributed by atoms with van der Waals surface area (Å²) in [7, 11) is -2.71. The highest BCUT2D eigenvalue weighted by Gasteiger charge is 2.30. The number of rotatable bonds is 4. The Morgan fingerprint density at radius 2 is 2.00 bits per heavy atom. The van der Waals surface area contributed by atoms with Crippen molar-refractivity contribution < 1.29 is 13.5 Å². The van der Waals surface area contributed by atoms with E-state index in [4.69, 9.17) is 5.11 Å². The summed E-state index contributed by atoms with van der Waals surface area (Å²) in [6.07, 6.45) is 1.84. The first-order valence-electron chi connectivity index (χ1n) is 5.63. The molecule has 2 aliphatic heterocycles. The number of hydrogen-bond donors (Lipinski definition) is 1. The first kappa shape index (κ1) is 11.4. The van der Waals surface area contributed by atoms with E-state index in [1.165, 1.54) is 0 Å². The molecule has 0 amide bonds. The SMILES string of the molecule is O=S1(=O)CCC(CCN2CC(CO)C2)C1. The van der Waals surface area contributed by atoms with Crippen molar-refractivity contribution in [2.45, 2.75) is 12.8 Å². The van der Waals surface area contributed by atoms with Crippen LogP contribution in [0.25, 0.3) is 0 Å². The van der Waals surface area contributed by atoms with Crippen LogP contribution >= 0.6 is 0 Å². The molecule has 88 valence electrons. The zero-order chi connectivity index (χ0) is 10.9. The van der Waals surface area contributed by atoms with Gasteiger partial charge in [-0.05, 0) is 25.3 Å². The van der Waals surface area contributed by atoms with Gasteiger partial charge >= 0.3 is 0 Å². The third-order valence-electron chi connectivity index (χ3n) is 3.47. The van der Waals surface area contributed by atoms with Crippen LogP contribution in [0.15, 0.2) is 0 Å². The van der Waals surface area contributed by atoms with Crippen molar-refractivity contribution in [1.29, 1.82) is 0 Å². The van der Waals surface area contributed by atoms with Crippen LogP contribution in [0.5, 0.6) is 0 Å². The fraction of sp³-hybridized carbons (Fsp3) is 1.00. The molecule has 0 aromatic heterocycles. The van der Waals surface area contributed by atoms with E-state index in [1.54, 1.807) is 0 Å². The van der Waals surface area contributed by atoms with E-state index in [0.717, 1.165) is 32.5 Å². The normalized spacial score (nSPS) is 31.7. The summed E-state index contributed by atoms with van der Waals surface area (Å²) in [5.41, 5.74) is 0. The van der Waals surface area contributed by atoms with Crippen molar-refractivity contribution in [3.63, 3.8) is 0 Å². The van der Waals surface area contributed by atoms with E-state index < -0.39 is 9.84 Å². The Kier molecular flexibility index (Phi) is 3.33. The van der Waals surface area contributed by atoms with Gasteiger partial charge in [0, 0.05) is 25.6 Å². The van der Waals surface area contributed by atoms with Crippen LogP contribution in [0.4, 0.5) is 0 Å². The summed E-state index contributed by atoms with van der Waals surface area (Å²) < 4.78 is 22.4. The maximum Gasteiger partial charge on any atom is 0.150 e. The molecule has 2 aliphatic rings. The van der Waals surface area contributed by atoms with E-state index in [0.29, 0.717) is 23.3 Å². The molecule has 1 unspecified atom stereocenters. The Labute approximate surface area is 91.2 Å². The Morgan fingerprint density at radius 3 is 2.53 bits per heavy atom. The molecule has 2 rings (SSSR count). The quantitative estimate of drug-likeness (QED) is 0.726. The van der Waals surface area contributed by atoms with E-state index in [-0.39, 0.29) is 6.61 Å². The molecule has 5 heteroatoms. The molecule has 2 heterocycles. The van der Waals surface area contributed by atoms with Crippen molar-refractivity contribution in [2.24, 2.45) is 11.8 Å². The molecule has 2 fully saturated rings. The Morgan fingerprint density at radius 1 is 1.27 bits per heavy atom. The lowest BCUT2D eigenvalue weighted by molar-refractivity contribution is 0.0504. The van der Waals surface area contributed by atoms with Gasteiger partial charge in [0.05, 0.1) is 11.5 Å². The first-order chi connectivity index (χ1) is 7.09. The van der Waals surface area contributed by atoms with Gasteiger partial charge in [0.25, 0.3) is 0 Å². The number of sulfone groups is 1. The smallest absolute Gasteiger partial charge is 0.150 e. The molecule has 15 heavy (non-hydrogen) atoms. The predicted octanol–water partition coefficient (Wildman–Crippen LogP) is -0.265. The lowest BCUT2D eigenvalue weighted by Crippen LogP contribution is -2.48. The van der Waals surface area contributed by atoms with Crippen molar-refractivity contribution in [1.82, 2.24) is 4.90 Å². The molecule has 2 saturated heterocycles. The summed E-state index contributed by atoms with van der Waals surface area (Å²) in [6.45, 7) is 3.25. The Balaban J connectivity index is 1.64. The zero-order valence-electron chi connectivity index (χ0n) is 8.93. The number of nitrogens with zero attached hydrogens (tertiary/aromatic N) is 1. The van der Waals surface area contributed by atoms with Crippen LogP contribution < -0.4 is 0 Å². The summed E-state index contributed by atoms with van der Waals surface area (Å²) in [4.78, 5) is 2.30. The standard InChI is InChI=1S/C10H19NO3S/c12-7-10-5-11(6-10)3-1-9-2-4-15(13,14)8-9/h9-10,12H,1-8H2. The minimum Gasteiger partial charge on any atom is -0.396 e. The van der Waals surface area contributed by atoms with Gasteiger partial charge in [-0.1, -0.05) is 0 Å². The van der Waals surface area contributed by atoms with Crippen LogP contribution in [0.3, 0.4) is 0 Å². The minimum absolute atomic E-state index is 0.286. The second kappa shape index (κ2) is 4.39. The minimum atomic E-state index is -2.71. The summed E-state index contributed by atoms with van der Waals surface area (Å²) in [5, 5.41) is 8.85. The second-order valence-corrected chi connectivity index (χ2v) is 7.09. The predicted molar refractivity (Wildman–Crippen MR) is 58.4 cm³/mol. The fourth-order valence-corrected chi connectivity index (χ4v) is 4.35. The Bertz CT molecular complexity index is 309. The van der Waals surface area contributed by atoms with Gasteiger partial charge in [-0.3, -0.25) is 0 Å². The van der Waals surface area contributed by atoms with Crippen molar-refractivity contribution in [2.75, 3.05) is 37.7 Å². The average Bonchev–Trinajstić information content (AvgIpc) is 2.43. The average molecular weight is 233 g/mol. The molecule has 0 aromatic carbocycles. The largest absolute Gasteiger partial charge is 0.396 e. The molecule has 4 nitrogen and oxygen atoms in total. The van der Waals surface area contributed by atoms with Crippen molar-refractivity contribution in [3.8, 4) is 0 Å². The number of hydrogen-bond acceptors (Lipinski definition) is 4. The van der Waals surface area contributed by atoms with Crippen molar-refractivity contribution >= 4 is 9.84 Å². The third-order valence-corrected chi connectivity index (χ3v) is 5.31. The molecule has 0 spiro atoms. The molecule has 0 aliphatic carbocycles. The lowest BCUT2D eigenvalue weighted by Gasteiger charge is -2.38. The van der Waals surface area contributed by atoms with Crippen molar-refractivity contribution in [3.05, 3.63) is 0 Å². The number of aliphatic hydroxyl groups is 1. The molecule has 0 aromatic rings. The molecule has 0 radical (unpaired) electrons. The molecule has 0 saturated carbocycles. The van der Waals surface area contributed by atoms with Gasteiger partial charge in [0.2, 0.25) is 0 Å². The van der Waals surface area contributed by atoms with E-state index >= 15 is 0 Å². The van der Waals surface area contributed by atoms with Gasteiger partial charge in [-0.25, -0.2) is 8.42 Å². The number of aliphatic hydroxyl groups excluding tert-OH is 1. The van der Waals surface area contributed by atoms with E-state index in [1.807, 2.05) is 0 Å². The highest BCUT2D eigenvalue weighted by molar-refractivity contribution is 7.91. The monoisotopic (exact) mass is 233 g/mol. The summed E-state index contributed by atoms with van der Waals surface area (Å²) in [6, 6.07) is 0. The molecule has 1 N–H and O–H groups in total. The zero-order valence-corrected chi connectivity index (χ0v) is 9.75. The lowest BCUT2D eigenvalue weighted by atomic mass is 9.98. The fourth-order valence-electron chi connectivity index (χ4n) is 2.44. The van der Waals surface area contributed by atoms with Crippen LogP contribution in [-0.4, -0.2) is 56.2 Å². The molecule has 0 bridgehead atoms. The third kappa shape index (κ3) is 2.92. The Hall–Kier alpha value is -0.130. The second-order valence-electron chi connectivity index (χ2n) is 4.87. The highest BCUT2D eigenvalue weighted by atomic mass is 32.2. The number of likely N-dealkylation sites (tertiary alicyclic amines) is 1. The first-order valence-corrected chi connectivity index (χ1v) is 7.45. The maximum absolute atomic E-state index is 11.2. The van der Waals surface area contributed by atoms with E-state index in [9.17, 15) is 8.42 Å². The van der Waals surface area contributed by atoms with Gasteiger partial charge in [0.15, 0.2) is 9.84 Å². The highest BCUT2D eigenvalue weighted by Crippen LogP contribution is 2.23. The van der Waals surface area contributed by atoms with E-state index in [2.05, 4.69) is 4.90 Å².